The van der Waals surface area contributed by atoms with Crippen molar-refractivity contribution < 1.29 is 82.3 Å². The van der Waals surface area contributed by atoms with Gasteiger partial charge in [0.15, 0.2) is 18.2 Å². The number of carbonyl (C=O) groups excluding carboxylic acids is 11. The van der Waals surface area contributed by atoms with Crippen LogP contribution in [0.25, 0.3) is 0 Å². The quantitative estimate of drug-likeness (QED) is 0.0307. The van der Waals surface area contributed by atoms with Gasteiger partial charge in [0, 0.05) is 31.7 Å². The Bertz CT molecular complexity index is 3830. The van der Waals surface area contributed by atoms with Crippen LogP contribution in [0.15, 0.2) is 109 Å². The summed E-state index contributed by atoms with van der Waals surface area (Å²) < 4.78 is 10.9. The van der Waals surface area contributed by atoms with Gasteiger partial charge in [-0.1, -0.05) is 220 Å². The standard InChI is InChI=1S/C45H65N5O8.C25H36N2O4.C20H31N3O5.CH4.ClH/c1-5-18-34(40(53)43(56)46-29-37(52)50-39(33-24-14-10-15-25-33)44(57)58-45(2,3)4)47-41(54)35-28-31-21-17-20-30(27-31)19-11-7-6-8-16-26-36(51)49-38(42(55)48-35)32-22-12-9-13-23-32;28-22-15-8-3-1-2-5-10-18-11-9-12-19(16-18)17-21(25(30)31)26-24(29)23(27-22)20-13-6-4-7-14-20;1-5-9-14(21)17(25)18(26)22-12-15(24)23-16(13-10-7-6-8-11-13)19(27)28-20(2,3)4;;/h10,14-15,17,20-21,24-25,27,32,34-35,38-40,53H,5-9,11-13,16,18-19,22-23,26,28-29H2,1-4H3,(H,46,56)(H,47,54)(H,48,55)(H,49,51)(H,50,52);9,11-12,16,20-21,23H,1-8,10,13-15,17H2,(H,26,29)(H,27,28)(H,30,31);6-8,10-11,14,16-17,25H,5,9,12,21H2,1-4H3,(H,22,26)(H,23,24);1H4;1H/t34?,35-,38-,39-,40?;21-,23-;;;/m00.../s1. The Kier molecular flexibility index (Phi) is 45.8. The molecule has 4 aromatic carbocycles. The smallest absolute Gasteiger partial charge is 0.333 e. The zero-order chi connectivity index (χ0) is 85.5. The maximum atomic E-state index is 14.2. The summed E-state index contributed by atoms with van der Waals surface area (Å²) in [7, 11) is 0. The highest BCUT2D eigenvalue weighted by Gasteiger charge is 2.38. The number of ether oxygens (including phenoxy) is 2. The molecule has 660 valence electrons. The van der Waals surface area contributed by atoms with Crippen LogP contribution in [0.2, 0.25) is 0 Å². The predicted molar refractivity (Wildman–Crippen MR) is 460 cm³/mol. The van der Waals surface area contributed by atoms with Gasteiger partial charge in [-0.3, -0.25) is 43.2 Å². The number of esters is 2. The van der Waals surface area contributed by atoms with E-state index in [-0.39, 0.29) is 68.7 Å². The van der Waals surface area contributed by atoms with E-state index in [1.807, 2.05) is 44.2 Å². The van der Waals surface area contributed by atoms with Crippen molar-refractivity contribution in [3.63, 3.8) is 0 Å². The number of benzene rings is 4. The van der Waals surface area contributed by atoms with Crippen molar-refractivity contribution in [3.05, 3.63) is 143 Å². The molecule has 5 unspecified atom stereocenters. The molecule has 9 amide bonds. The van der Waals surface area contributed by atoms with E-state index in [2.05, 4.69) is 66.1 Å². The third-order valence-electron chi connectivity index (χ3n) is 21.2. The van der Waals surface area contributed by atoms with Crippen molar-refractivity contribution in [1.82, 2.24) is 47.9 Å². The summed E-state index contributed by atoms with van der Waals surface area (Å²) in [6.45, 7) is 13.1. The van der Waals surface area contributed by atoms with Crippen LogP contribution >= 0.6 is 12.4 Å². The number of aliphatic carboxylic acids is 1. The minimum Gasteiger partial charge on any atom is -0.480 e. The van der Waals surface area contributed by atoms with E-state index in [9.17, 15) is 72.9 Å². The zero-order valence-electron chi connectivity index (χ0n) is 70.5. The monoisotopic (exact) mass is 1680 g/mol. The Labute approximate surface area is 710 Å². The number of carboxylic acid groups (broad SMARTS) is 1. The first kappa shape index (κ1) is 102. The van der Waals surface area contributed by atoms with E-state index in [1.165, 1.54) is 5.56 Å². The van der Waals surface area contributed by atoms with E-state index >= 15 is 0 Å². The molecular formula is C91H137ClN10O17. The largest absolute Gasteiger partial charge is 0.480 e. The Morgan fingerprint density at radius 2 is 0.824 bits per heavy atom. The van der Waals surface area contributed by atoms with Crippen LogP contribution in [0.3, 0.4) is 0 Å². The normalized spacial score (nSPS) is 20.0. The molecule has 0 aromatic heterocycles. The van der Waals surface area contributed by atoms with Crippen LogP contribution in [0.1, 0.15) is 275 Å². The lowest BCUT2D eigenvalue weighted by molar-refractivity contribution is -0.159. The molecule has 28 heteroatoms. The SMILES string of the molecule is C.CCCC(N)C(O)C(=O)NCC(=O)NC(C(=O)OC(C)(C)C)c1ccccc1.CCCC(NC(=O)[C@@H]1Cc2cccc(c2)CCCCCCCC(=O)N[C@@H](C2CCCCC2)C(=O)N1)C(O)C(=O)NCC(=O)N[C@H](C(=O)OC(C)(C)C)c1ccccc1.Cl.O=C1CCCCCCCc2cccc(c2)C[C@@H](C(=O)O)NC(=O)[C@H](C2CCCCC2)N1. The Morgan fingerprint density at radius 3 is 1.22 bits per heavy atom. The van der Waals surface area contributed by atoms with Gasteiger partial charge in [0.25, 0.3) is 11.8 Å². The number of aliphatic hydroxyl groups excluding tert-OH is 2. The van der Waals surface area contributed by atoms with Gasteiger partial charge >= 0.3 is 17.9 Å². The van der Waals surface area contributed by atoms with Gasteiger partial charge in [-0.05, 0) is 164 Å². The first-order chi connectivity index (χ1) is 55.8. The van der Waals surface area contributed by atoms with Crippen LogP contribution in [-0.4, -0.2) is 159 Å². The topological polar surface area (TPSA) is 418 Å². The number of aryl methyl sites for hydroxylation is 2. The number of rotatable bonds is 23. The lowest BCUT2D eigenvalue weighted by Crippen LogP contribution is -2.59. The molecule has 4 aliphatic rings. The summed E-state index contributed by atoms with van der Waals surface area (Å²) in [5.41, 5.74) is 9.33. The van der Waals surface area contributed by atoms with E-state index in [0.29, 0.717) is 36.8 Å². The van der Waals surface area contributed by atoms with E-state index in [1.54, 1.807) is 102 Å². The van der Waals surface area contributed by atoms with Gasteiger partial charge < -0.3 is 78.4 Å². The van der Waals surface area contributed by atoms with Crippen molar-refractivity contribution in [2.45, 2.75) is 327 Å². The van der Waals surface area contributed by atoms with Gasteiger partial charge in [0.05, 0.1) is 19.1 Å². The molecule has 0 radical (unpaired) electrons. The fourth-order valence-corrected chi connectivity index (χ4v) is 15.0. The first-order valence-electron chi connectivity index (χ1n) is 42.5. The highest BCUT2D eigenvalue weighted by molar-refractivity contribution is 5.95. The number of carboxylic acids is 1. The van der Waals surface area contributed by atoms with Gasteiger partial charge in [0.1, 0.15) is 41.5 Å². The zero-order valence-corrected chi connectivity index (χ0v) is 71.3. The average molecular weight is 1680 g/mol. The molecule has 10 atom stereocenters. The molecule has 4 bridgehead atoms. The minimum absolute atomic E-state index is 0. The second-order valence-corrected chi connectivity index (χ2v) is 33.5. The first-order valence-corrected chi connectivity index (χ1v) is 42.5. The van der Waals surface area contributed by atoms with Crippen molar-refractivity contribution in [1.29, 1.82) is 0 Å². The van der Waals surface area contributed by atoms with Crippen molar-refractivity contribution >= 4 is 83.5 Å². The summed E-state index contributed by atoms with van der Waals surface area (Å²) in [5, 5.41) is 55.3. The van der Waals surface area contributed by atoms with Crippen LogP contribution < -0.4 is 53.6 Å². The number of hydrogen-bond donors (Lipinski definition) is 13. The van der Waals surface area contributed by atoms with Crippen LogP contribution in [-0.2, 0) is 92.7 Å². The summed E-state index contributed by atoms with van der Waals surface area (Å²) in [6.07, 6.45) is 21.2. The van der Waals surface area contributed by atoms with E-state index in [4.69, 9.17) is 15.2 Å². The van der Waals surface area contributed by atoms with E-state index in [0.717, 1.165) is 164 Å². The summed E-state index contributed by atoms with van der Waals surface area (Å²) in [6, 6.07) is 25.8. The molecule has 14 N–H and O–H groups in total. The number of hydrogen-bond acceptors (Lipinski definition) is 17. The molecule has 2 aliphatic carbocycles. The Morgan fingerprint density at radius 1 is 0.462 bits per heavy atom. The maximum absolute atomic E-state index is 14.2. The van der Waals surface area contributed by atoms with Crippen molar-refractivity contribution in [2.75, 3.05) is 13.1 Å². The Balaban J connectivity index is 0.000000411. The van der Waals surface area contributed by atoms with Gasteiger partial charge in [-0.15, -0.1) is 12.4 Å². The molecule has 2 aliphatic heterocycles. The molecule has 2 saturated carbocycles. The second-order valence-electron chi connectivity index (χ2n) is 33.5. The molecule has 0 spiro atoms. The van der Waals surface area contributed by atoms with Crippen molar-refractivity contribution in [3.8, 4) is 0 Å². The summed E-state index contributed by atoms with van der Waals surface area (Å²) in [4.78, 5) is 155. The second kappa shape index (κ2) is 53.4. The molecule has 2 heterocycles. The number of nitrogens with two attached hydrogens (primary N) is 1. The molecule has 0 saturated heterocycles. The molecule has 2 fully saturated rings. The minimum atomic E-state index is -1.74. The maximum Gasteiger partial charge on any atom is 0.333 e. The fourth-order valence-electron chi connectivity index (χ4n) is 15.0. The molecule has 27 nitrogen and oxygen atoms in total. The number of amides is 9. The third-order valence-corrected chi connectivity index (χ3v) is 21.2. The molecule has 8 rings (SSSR count). The fraction of sp³-hybridized carbons (Fsp3) is 0.604. The average Bonchev–Trinajstić information content (AvgIpc) is 1.21. The lowest BCUT2D eigenvalue weighted by atomic mass is 9.83. The van der Waals surface area contributed by atoms with Gasteiger partial charge in [0.2, 0.25) is 41.4 Å². The van der Waals surface area contributed by atoms with Crippen molar-refractivity contribution in [2.24, 2.45) is 17.6 Å². The predicted octanol–water partition coefficient (Wildman–Crippen LogP) is 10.2. The summed E-state index contributed by atoms with van der Waals surface area (Å²) >= 11 is 0. The number of aliphatic hydroxyl groups is 2. The highest BCUT2D eigenvalue weighted by atomic mass is 35.5. The molecule has 4 aromatic rings. The number of carbonyl (C=O) groups is 12. The highest BCUT2D eigenvalue weighted by Crippen LogP contribution is 2.30. The Hall–Kier alpha value is -9.31. The third kappa shape index (κ3) is 37.9. The molecular weight excluding hydrogens is 1540 g/mol. The van der Waals surface area contributed by atoms with Gasteiger partial charge in [-0.25, -0.2) is 14.4 Å². The van der Waals surface area contributed by atoms with Crippen LogP contribution in [0.5, 0.6) is 0 Å². The van der Waals surface area contributed by atoms with Crippen LogP contribution in [0, 0.1) is 11.8 Å². The number of halogens is 1. The van der Waals surface area contributed by atoms with E-state index < -0.39 is 138 Å². The van der Waals surface area contributed by atoms with Crippen LogP contribution in [0.4, 0.5) is 0 Å². The lowest BCUT2D eigenvalue weighted by Gasteiger charge is -2.32. The van der Waals surface area contributed by atoms with Gasteiger partial charge in [-0.2, -0.15) is 0 Å². The number of nitrogens with one attached hydrogen (secondary N) is 9. The number of fused-ring (bicyclic) bond motifs is 4. The molecule has 119 heavy (non-hydrogen) atoms. The summed E-state index contributed by atoms with van der Waals surface area (Å²) in [5.74, 6) is -6.90.